The van der Waals surface area contributed by atoms with Crippen molar-refractivity contribution in [3.05, 3.63) is 35.9 Å². The van der Waals surface area contributed by atoms with E-state index in [9.17, 15) is 9.18 Å². The molecule has 0 amide bonds. The number of carboxylic acid groups (broad SMARTS) is 1. The van der Waals surface area contributed by atoms with E-state index in [1.54, 1.807) is 0 Å². The van der Waals surface area contributed by atoms with Crippen LogP contribution in [0.2, 0.25) is 0 Å². The molecule has 0 atom stereocenters. The number of oxime groups is 1. The molecule has 1 aromatic carbocycles. The lowest BCUT2D eigenvalue weighted by atomic mass is 10.3. The number of hydrogen-bond donors (Lipinski definition) is 2. The van der Waals surface area contributed by atoms with Gasteiger partial charge in [-0.25, -0.2) is 9.18 Å². The molecule has 19 heavy (non-hydrogen) atoms. The number of nitrogens with two attached hydrogens (primary N) is 1. The smallest absolute Gasteiger partial charge is 0.362 e. The van der Waals surface area contributed by atoms with Crippen molar-refractivity contribution in [2.24, 2.45) is 5.16 Å². The highest BCUT2D eigenvalue weighted by Crippen LogP contribution is 2.12. The zero-order chi connectivity index (χ0) is 13.8. The van der Waals surface area contributed by atoms with Crippen LogP contribution in [-0.2, 0) is 4.79 Å². The van der Waals surface area contributed by atoms with E-state index in [1.807, 2.05) is 0 Å². The largest absolute Gasteiger partial charge is 0.476 e. The number of aromatic nitrogens is 2. The summed E-state index contributed by atoms with van der Waals surface area (Å²) in [6.07, 6.45) is 0. The van der Waals surface area contributed by atoms with E-state index >= 15 is 0 Å². The first-order valence-corrected chi connectivity index (χ1v) is 5.67. The van der Waals surface area contributed by atoms with E-state index in [0.717, 1.165) is 23.7 Å². The van der Waals surface area contributed by atoms with Gasteiger partial charge in [0.05, 0.1) is 0 Å². The standard InChI is InChI=1S/C10H7FN4O3S/c11-5-1-3-6(4-2-5)18-14-7(9(16)17)8-13-10(12)19-15-8/h1-4H,(H,16,17)(H2,12,13,15)/b14-7-. The Morgan fingerprint density at radius 3 is 2.63 bits per heavy atom. The predicted octanol–water partition coefficient (Wildman–Crippen LogP) is 1.13. The Kier molecular flexibility index (Phi) is 3.66. The summed E-state index contributed by atoms with van der Waals surface area (Å²) < 4.78 is 16.4. The van der Waals surface area contributed by atoms with E-state index in [-0.39, 0.29) is 16.7 Å². The van der Waals surface area contributed by atoms with Crippen LogP contribution in [0.4, 0.5) is 9.52 Å². The molecule has 98 valence electrons. The fourth-order valence-electron chi connectivity index (χ4n) is 1.10. The molecule has 7 nitrogen and oxygen atoms in total. The highest BCUT2D eigenvalue weighted by Gasteiger charge is 2.19. The minimum atomic E-state index is -1.36. The van der Waals surface area contributed by atoms with Gasteiger partial charge in [-0.3, -0.25) is 0 Å². The fraction of sp³-hybridized carbons (Fsp3) is 0. The van der Waals surface area contributed by atoms with Crippen LogP contribution >= 0.6 is 11.5 Å². The van der Waals surface area contributed by atoms with E-state index in [0.29, 0.717) is 0 Å². The SMILES string of the molecule is Nc1nc(/C(=N/Oc2ccc(F)cc2)C(=O)O)ns1. The van der Waals surface area contributed by atoms with Crippen LogP contribution in [-0.4, -0.2) is 26.1 Å². The number of hydrogen-bond acceptors (Lipinski definition) is 7. The van der Waals surface area contributed by atoms with Crippen LogP contribution < -0.4 is 10.6 Å². The number of anilines is 1. The van der Waals surface area contributed by atoms with Crippen molar-refractivity contribution in [1.82, 2.24) is 9.36 Å². The first-order chi connectivity index (χ1) is 9.06. The summed E-state index contributed by atoms with van der Waals surface area (Å²) in [6.45, 7) is 0. The van der Waals surface area contributed by atoms with Crippen LogP contribution in [0.3, 0.4) is 0 Å². The van der Waals surface area contributed by atoms with Gasteiger partial charge in [-0.2, -0.15) is 9.36 Å². The molecule has 1 heterocycles. The van der Waals surface area contributed by atoms with Gasteiger partial charge in [-0.05, 0) is 24.3 Å². The second kappa shape index (κ2) is 5.40. The maximum atomic E-state index is 12.7. The Morgan fingerprint density at radius 1 is 1.42 bits per heavy atom. The van der Waals surface area contributed by atoms with Gasteiger partial charge in [0.25, 0.3) is 0 Å². The fourth-order valence-corrected chi connectivity index (χ4v) is 1.54. The lowest BCUT2D eigenvalue weighted by Gasteiger charge is -1.99. The maximum absolute atomic E-state index is 12.7. The van der Waals surface area contributed by atoms with Gasteiger partial charge in [0.2, 0.25) is 11.5 Å². The van der Waals surface area contributed by atoms with Crippen molar-refractivity contribution < 1.29 is 19.1 Å². The normalized spacial score (nSPS) is 11.3. The van der Waals surface area contributed by atoms with Gasteiger partial charge >= 0.3 is 5.97 Å². The molecule has 0 aliphatic carbocycles. The van der Waals surface area contributed by atoms with Crippen molar-refractivity contribution >= 4 is 28.3 Å². The molecule has 0 spiro atoms. The molecule has 2 aromatic rings. The van der Waals surface area contributed by atoms with E-state index in [4.69, 9.17) is 15.7 Å². The van der Waals surface area contributed by atoms with E-state index < -0.39 is 17.5 Å². The zero-order valence-electron chi connectivity index (χ0n) is 9.28. The third-order valence-corrected chi connectivity index (χ3v) is 2.45. The second-order valence-electron chi connectivity index (χ2n) is 3.25. The number of aliphatic carboxylic acids is 1. The molecule has 0 saturated heterocycles. The number of carbonyl (C=O) groups is 1. The highest BCUT2D eigenvalue weighted by molar-refractivity contribution is 7.09. The zero-order valence-corrected chi connectivity index (χ0v) is 10.1. The Balaban J connectivity index is 2.22. The maximum Gasteiger partial charge on any atom is 0.362 e. The average Bonchev–Trinajstić information content (AvgIpc) is 2.78. The van der Waals surface area contributed by atoms with E-state index in [1.165, 1.54) is 12.1 Å². The second-order valence-corrected chi connectivity index (χ2v) is 4.03. The molecule has 0 unspecified atom stereocenters. The lowest BCUT2D eigenvalue weighted by molar-refractivity contribution is -0.129. The van der Waals surface area contributed by atoms with Crippen LogP contribution in [0.1, 0.15) is 5.82 Å². The van der Waals surface area contributed by atoms with Crippen LogP contribution in [0.5, 0.6) is 5.75 Å². The van der Waals surface area contributed by atoms with Gasteiger partial charge in [-0.1, -0.05) is 5.16 Å². The van der Waals surface area contributed by atoms with Crippen LogP contribution in [0.15, 0.2) is 29.4 Å². The van der Waals surface area contributed by atoms with Crippen LogP contribution in [0.25, 0.3) is 0 Å². The average molecular weight is 282 g/mol. The topological polar surface area (TPSA) is 111 Å². The Hall–Kier alpha value is -2.55. The third-order valence-electron chi connectivity index (χ3n) is 1.91. The molecule has 0 bridgehead atoms. The van der Waals surface area contributed by atoms with Gasteiger partial charge < -0.3 is 15.7 Å². The number of carboxylic acids is 1. The molecule has 1 aromatic heterocycles. The summed E-state index contributed by atoms with van der Waals surface area (Å²) in [5, 5.41) is 12.5. The lowest BCUT2D eigenvalue weighted by Crippen LogP contribution is -2.17. The first kappa shape index (κ1) is 12.9. The molecular formula is C10H7FN4O3S. The molecule has 0 fully saturated rings. The number of benzene rings is 1. The Morgan fingerprint density at radius 2 is 2.11 bits per heavy atom. The Bertz CT molecular complexity index is 626. The summed E-state index contributed by atoms with van der Waals surface area (Å²) in [6, 6.07) is 4.93. The summed E-state index contributed by atoms with van der Waals surface area (Å²) in [5.74, 6) is -1.76. The summed E-state index contributed by atoms with van der Waals surface area (Å²) in [7, 11) is 0. The number of nitrogens with zero attached hydrogens (tertiary/aromatic N) is 3. The predicted molar refractivity (Wildman–Crippen MR) is 65.5 cm³/mol. The van der Waals surface area contributed by atoms with Crippen molar-refractivity contribution in [1.29, 1.82) is 0 Å². The number of halogens is 1. The molecule has 0 aliphatic heterocycles. The summed E-state index contributed by atoms with van der Waals surface area (Å²) >= 11 is 0.841. The number of nitrogen functional groups attached to an aromatic ring is 1. The van der Waals surface area contributed by atoms with Crippen molar-refractivity contribution in [2.75, 3.05) is 5.73 Å². The minimum Gasteiger partial charge on any atom is -0.476 e. The Labute approximate surface area is 110 Å². The molecule has 3 N–H and O–H groups in total. The molecule has 0 radical (unpaired) electrons. The monoisotopic (exact) mass is 282 g/mol. The minimum absolute atomic E-state index is 0.116. The van der Waals surface area contributed by atoms with Gasteiger partial charge in [0.15, 0.2) is 10.9 Å². The van der Waals surface area contributed by atoms with Gasteiger partial charge in [0, 0.05) is 11.5 Å². The quantitative estimate of drug-likeness (QED) is 0.642. The molecule has 0 saturated carbocycles. The molecule has 2 rings (SSSR count). The third kappa shape index (κ3) is 3.22. The first-order valence-electron chi connectivity index (χ1n) is 4.89. The van der Waals surface area contributed by atoms with Crippen molar-refractivity contribution in [3.8, 4) is 5.75 Å². The van der Waals surface area contributed by atoms with Gasteiger partial charge in [0.1, 0.15) is 5.82 Å². The van der Waals surface area contributed by atoms with Crippen LogP contribution in [0, 0.1) is 5.82 Å². The van der Waals surface area contributed by atoms with E-state index in [2.05, 4.69) is 14.5 Å². The van der Waals surface area contributed by atoms with Crippen molar-refractivity contribution in [2.45, 2.75) is 0 Å². The number of rotatable bonds is 4. The van der Waals surface area contributed by atoms with Gasteiger partial charge in [-0.15, -0.1) is 0 Å². The van der Waals surface area contributed by atoms with Crippen molar-refractivity contribution in [3.63, 3.8) is 0 Å². The molecular weight excluding hydrogens is 275 g/mol. The molecule has 9 heteroatoms. The highest BCUT2D eigenvalue weighted by atomic mass is 32.1. The summed E-state index contributed by atoms with van der Waals surface area (Å²) in [5.41, 5.74) is 4.87. The molecule has 0 aliphatic rings. The summed E-state index contributed by atoms with van der Waals surface area (Å²) in [4.78, 5) is 19.6.